The van der Waals surface area contributed by atoms with Crippen molar-refractivity contribution in [2.45, 2.75) is 39.2 Å². The van der Waals surface area contributed by atoms with Gasteiger partial charge in [0.15, 0.2) is 0 Å². The fourth-order valence-electron chi connectivity index (χ4n) is 4.53. The van der Waals surface area contributed by atoms with Crippen LogP contribution in [0.4, 0.5) is 5.82 Å². The molecule has 0 bridgehead atoms. The zero-order chi connectivity index (χ0) is 22.1. The maximum atomic E-state index is 13.2. The van der Waals surface area contributed by atoms with E-state index in [1.54, 1.807) is 14.0 Å². The maximum Gasteiger partial charge on any atom is 0.257 e. The summed E-state index contributed by atoms with van der Waals surface area (Å²) in [6, 6.07) is 5.63. The average molecular weight is 424 g/mol. The van der Waals surface area contributed by atoms with Crippen LogP contribution >= 0.6 is 0 Å². The molecule has 8 heteroatoms. The molecule has 1 N–H and O–H groups in total. The Morgan fingerprint density at radius 3 is 2.71 bits per heavy atom. The van der Waals surface area contributed by atoms with Crippen LogP contribution in [0.1, 0.15) is 52.3 Å². The molecule has 0 radical (unpaired) electrons. The molecule has 2 aromatic rings. The van der Waals surface area contributed by atoms with Crippen LogP contribution in [0, 0.1) is 6.92 Å². The lowest BCUT2D eigenvalue weighted by Crippen LogP contribution is -2.35. The average Bonchev–Trinajstić information content (AvgIpc) is 3.27. The normalized spacial score (nSPS) is 18.0. The van der Waals surface area contributed by atoms with E-state index in [1.807, 2.05) is 42.0 Å². The number of nitrogens with zero attached hydrogens (tertiary/aromatic N) is 4. The van der Waals surface area contributed by atoms with Gasteiger partial charge in [0.2, 0.25) is 5.91 Å². The van der Waals surface area contributed by atoms with Crippen molar-refractivity contribution in [3.8, 4) is 5.75 Å². The van der Waals surface area contributed by atoms with Gasteiger partial charge in [-0.05, 0) is 31.4 Å². The summed E-state index contributed by atoms with van der Waals surface area (Å²) < 4.78 is 5.48. The van der Waals surface area contributed by atoms with E-state index in [4.69, 9.17) is 14.7 Å². The van der Waals surface area contributed by atoms with E-state index in [9.17, 15) is 9.59 Å². The van der Waals surface area contributed by atoms with Crippen LogP contribution in [-0.4, -0.2) is 65.4 Å². The highest BCUT2D eigenvalue weighted by atomic mass is 16.5. The van der Waals surface area contributed by atoms with Gasteiger partial charge in [-0.2, -0.15) is 0 Å². The van der Waals surface area contributed by atoms with Crippen LogP contribution in [0.2, 0.25) is 0 Å². The first-order valence-electron chi connectivity index (χ1n) is 10.7. The number of anilines is 1. The number of hydrogen-bond acceptors (Lipinski definition) is 6. The molecule has 1 aromatic carbocycles. The molecule has 0 saturated carbocycles. The minimum Gasteiger partial charge on any atom is -0.496 e. The van der Waals surface area contributed by atoms with Gasteiger partial charge in [-0.3, -0.25) is 9.59 Å². The van der Waals surface area contributed by atoms with Crippen molar-refractivity contribution in [3.63, 3.8) is 0 Å². The lowest BCUT2D eigenvalue weighted by atomic mass is 10.0. The number of amides is 2. The molecule has 3 heterocycles. The quantitative estimate of drug-likeness (QED) is 0.812. The molecule has 2 aliphatic heterocycles. The molecule has 1 atom stereocenters. The van der Waals surface area contributed by atoms with E-state index in [0.29, 0.717) is 37.5 Å². The van der Waals surface area contributed by atoms with Gasteiger partial charge in [0.05, 0.1) is 24.9 Å². The molecule has 164 valence electrons. The number of hydrogen-bond donors (Lipinski definition) is 1. The molecule has 2 amide bonds. The van der Waals surface area contributed by atoms with Crippen LogP contribution in [0.25, 0.3) is 0 Å². The second-order valence-corrected chi connectivity index (χ2v) is 8.19. The number of carbonyl (C=O) groups is 2. The molecule has 0 unspecified atom stereocenters. The number of nitrogens with one attached hydrogen (secondary N) is 1. The number of aryl methyl sites for hydroxylation is 1. The van der Waals surface area contributed by atoms with Crippen molar-refractivity contribution < 1.29 is 14.3 Å². The number of ether oxygens (including phenoxy) is 1. The number of likely N-dealkylation sites (tertiary alicyclic amines) is 1. The van der Waals surface area contributed by atoms with Gasteiger partial charge in [0, 0.05) is 45.1 Å². The third kappa shape index (κ3) is 3.94. The Balaban J connectivity index is 1.57. The molecule has 1 fully saturated rings. The number of rotatable bonds is 4. The summed E-state index contributed by atoms with van der Waals surface area (Å²) in [5.74, 6) is 2.28. The SMILES string of the molecule is CNc1nc([C@H]2CCN(C(=O)c3cccc(C)c3OC)C2)nc2c1CCN(C(C)=O)C2. The van der Waals surface area contributed by atoms with Crippen molar-refractivity contribution in [2.75, 3.05) is 39.1 Å². The summed E-state index contributed by atoms with van der Waals surface area (Å²) in [5, 5.41) is 3.19. The maximum absolute atomic E-state index is 13.2. The van der Waals surface area contributed by atoms with E-state index >= 15 is 0 Å². The monoisotopic (exact) mass is 423 g/mol. The number of aromatic nitrogens is 2. The number of fused-ring (bicyclic) bond motifs is 1. The fourth-order valence-corrected chi connectivity index (χ4v) is 4.53. The fraction of sp³-hybridized carbons (Fsp3) is 0.478. The van der Waals surface area contributed by atoms with E-state index in [2.05, 4.69) is 5.32 Å². The molecule has 31 heavy (non-hydrogen) atoms. The third-order valence-electron chi connectivity index (χ3n) is 6.25. The van der Waals surface area contributed by atoms with Gasteiger partial charge in [-0.1, -0.05) is 12.1 Å². The molecule has 8 nitrogen and oxygen atoms in total. The summed E-state index contributed by atoms with van der Waals surface area (Å²) in [5.41, 5.74) is 3.51. The Hall–Kier alpha value is -3.16. The summed E-state index contributed by atoms with van der Waals surface area (Å²) in [7, 11) is 3.45. The van der Waals surface area contributed by atoms with Gasteiger partial charge in [0.1, 0.15) is 17.4 Å². The lowest BCUT2D eigenvalue weighted by molar-refractivity contribution is -0.129. The van der Waals surface area contributed by atoms with Crippen LogP contribution < -0.4 is 10.1 Å². The first kappa shape index (κ1) is 21.1. The Morgan fingerprint density at radius 2 is 2.00 bits per heavy atom. The smallest absolute Gasteiger partial charge is 0.257 e. The second-order valence-electron chi connectivity index (χ2n) is 8.19. The highest BCUT2D eigenvalue weighted by Crippen LogP contribution is 2.32. The van der Waals surface area contributed by atoms with Crippen molar-refractivity contribution in [2.24, 2.45) is 0 Å². The van der Waals surface area contributed by atoms with Crippen molar-refractivity contribution in [1.82, 2.24) is 19.8 Å². The molecule has 1 aromatic heterocycles. The Kier molecular flexibility index (Phi) is 5.80. The Bertz CT molecular complexity index is 1020. The van der Waals surface area contributed by atoms with Crippen LogP contribution in [-0.2, 0) is 17.8 Å². The summed E-state index contributed by atoms with van der Waals surface area (Å²) in [4.78, 5) is 38.3. The Labute approximate surface area is 182 Å². The minimum atomic E-state index is -0.0300. The number of para-hydroxylation sites is 1. The Morgan fingerprint density at radius 1 is 1.19 bits per heavy atom. The molecular weight excluding hydrogens is 394 g/mol. The second kappa shape index (κ2) is 8.53. The summed E-state index contributed by atoms with van der Waals surface area (Å²) >= 11 is 0. The van der Waals surface area contributed by atoms with Crippen LogP contribution in [0.5, 0.6) is 5.75 Å². The largest absolute Gasteiger partial charge is 0.496 e. The molecule has 2 aliphatic rings. The minimum absolute atomic E-state index is 0.0300. The number of benzene rings is 1. The van der Waals surface area contributed by atoms with E-state index < -0.39 is 0 Å². The van der Waals surface area contributed by atoms with E-state index in [1.165, 1.54) is 0 Å². The third-order valence-corrected chi connectivity index (χ3v) is 6.25. The van der Waals surface area contributed by atoms with E-state index in [-0.39, 0.29) is 17.7 Å². The first-order valence-corrected chi connectivity index (χ1v) is 10.7. The van der Waals surface area contributed by atoms with Gasteiger partial charge in [-0.15, -0.1) is 0 Å². The lowest BCUT2D eigenvalue weighted by Gasteiger charge is -2.29. The molecule has 0 spiro atoms. The predicted molar refractivity (Wildman–Crippen MR) is 117 cm³/mol. The van der Waals surface area contributed by atoms with Gasteiger partial charge < -0.3 is 19.9 Å². The van der Waals surface area contributed by atoms with Crippen molar-refractivity contribution >= 4 is 17.6 Å². The number of carbonyl (C=O) groups excluding carboxylic acids is 2. The summed E-state index contributed by atoms with van der Waals surface area (Å²) in [6.07, 6.45) is 1.55. The molecule has 1 saturated heterocycles. The molecular formula is C23H29N5O3. The standard InChI is InChI=1S/C23H29N5O3/c1-14-6-5-7-18(20(14)31-4)23(30)28-10-8-16(12-28)21-25-19-13-27(15(2)29)11-9-17(19)22(24-3)26-21/h5-7,16H,8-13H2,1-4H3,(H,24,25,26)/t16-/m0/s1. The van der Waals surface area contributed by atoms with E-state index in [0.717, 1.165) is 41.3 Å². The van der Waals surface area contributed by atoms with Crippen LogP contribution in [0.15, 0.2) is 18.2 Å². The van der Waals surface area contributed by atoms with Crippen LogP contribution in [0.3, 0.4) is 0 Å². The van der Waals surface area contributed by atoms with Gasteiger partial charge in [-0.25, -0.2) is 9.97 Å². The predicted octanol–water partition coefficient (Wildman–Crippen LogP) is 2.37. The zero-order valence-electron chi connectivity index (χ0n) is 18.6. The zero-order valence-corrected chi connectivity index (χ0v) is 18.6. The van der Waals surface area contributed by atoms with Crippen molar-refractivity contribution in [3.05, 3.63) is 46.4 Å². The first-order chi connectivity index (χ1) is 14.9. The molecule has 4 rings (SSSR count). The molecule has 0 aliphatic carbocycles. The van der Waals surface area contributed by atoms with Gasteiger partial charge in [0.25, 0.3) is 5.91 Å². The summed E-state index contributed by atoms with van der Waals surface area (Å²) in [6.45, 7) is 5.93. The van der Waals surface area contributed by atoms with Gasteiger partial charge >= 0.3 is 0 Å². The highest BCUT2D eigenvalue weighted by molar-refractivity contribution is 5.97. The number of methoxy groups -OCH3 is 1. The topological polar surface area (TPSA) is 87.7 Å². The van der Waals surface area contributed by atoms with Crippen molar-refractivity contribution in [1.29, 1.82) is 0 Å². The highest BCUT2D eigenvalue weighted by Gasteiger charge is 2.33.